The Morgan fingerprint density at radius 1 is 1.50 bits per heavy atom. The predicted octanol–water partition coefficient (Wildman–Crippen LogP) is 0.00310. The lowest BCUT2D eigenvalue weighted by atomic mass is 10.2. The van der Waals surface area contributed by atoms with E-state index in [2.05, 4.69) is 23.8 Å². The molecule has 72 valence electrons. The molecule has 1 aliphatic heterocycles. The summed E-state index contributed by atoms with van der Waals surface area (Å²) >= 11 is 0. The smallest absolute Gasteiger partial charge is 0.0639 e. The van der Waals surface area contributed by atoms with E-state index < -0.39 is 0 Å². The first-order valence-electron chi connectivity index (χ1n) is 4.70. The lowest BCUT2D eigenvalue weighted by Crippen LogP contribution is -2.51. The SMILES string of the molecule is CC(O)CN1CCN(C)C(C)C1. The van der Waals surface area contributed by atoms with Gasteiger partial charge in [0.25, 0.3) is 0 Å². The first-order chi connectivity index (χ1) is 5.59. The molecule has 0 radical (unpaired) electrons. The zero-order valence-corrected chi connectivity index (χ0v) is 8.32. The van der Waals surface area contributed by atoms with Gasteiger partial charge in [0, 0.05) is 32.2 Å². The van der Waals surface area contributed by atoms with E-state index in [9.17, 15) is 5.11 Å². The number of likely N-dealkylation sites (N-methyl/N-ethyl adjacent to an activating group) is 1. The van der Waals surface area contributed by atoms with Crippen molar-refractivity contribution < 1.29 is 5.11 Å². The van der Waals surface area contributed by atoms with Gasteiger partial charge in [0.1, 0.15) is 0 Å². The third-order valence-electron chi connectivity index (χ3n) is 2.57. The zero-order valence-electron chi connectivity index (χ0n) is 8.32. The number of β-amino-alcohol motifs (C(OH)–C–C–N with tert-alkyl or cyclic N) is 1. The van der Waals surface area contributed by atoms with Gasteiger partial charge < -0.3 is 10.0 Å². The molecule has 0 aromatic carbocycles. The summed E-state index contributed by atoms with van der Waals surface area (Å²) < 4.78 is 0. The van der Waals surface area contributed by atoms with E-state index in [1.54, 1.807) is 0 Å². The summed E-state index contributed by atoms with van der Waals surface area (Å²) in [5.41, 5.74) is 0. The lowest BCUT2D eigenvalue weighted by Gasteiger charge is -2.38. The van der Waals surface area contributed by atoms with E-state index in [1.165, 1.54) is 0 Å². The van der Waals surface area contributed by atoms with Crippen molar-refractivity contribution in [3.63, 3.8) is 0 Å². The Kier molecular flexibility index (Phi) is 3.50. The van der Waals surface area contributed by atoms with Gasteiger partial charge in [-0.05, 0) is 20.9 Å². The van der Waals surface area contributed by atoms with E-state index in [0.717, 1.165) is 26.2 Å². The molecule has 1 aliphatic rings. The molecule has 1 saturated heterocycles. The van der Waals surface area contributed by atoms with Crippen LogP contribution in [-0.4, -0.2) is 60.3 Å². The van der Waals surface area contributed by atoms with Crippen molar-refractivity contribution in [3.05, 3.63) is 0 Å². The van der Waals surface area contributed by atoms with Crippen LogP contribution in [0.2, 0.25) is 0 Å². The summed E-state index contributed by atoms with van der Waals surface area (Å²) in [6, 6.07) is 0.623. The number of rotatable bonds is 2. The number of nitrogens with zero attached hydrogens (tertiary/aromatic N) is 2. The first kappa shape index (κ1) is 9.96. The Hall–Kier alpha value is -0.120. The molecule has 0 saturated carbocycles. The third kappa shape index (κ3) is 2.73. The predicted molar refractivity (Wildman–Crippen MR) is 50.2 cm³/mol. The van der Waals surface area contributed by atoms with Gasteiger partial charge in [-0.15, -0.1) is 0 Å². The molecule has 2 unspecified atom stereocenters. The second kappa shape index (κ2) is 4.21. The summed E-state index contributed by atoms with van der Waals surface area (Å²) in [6.45, 7) is 8.19. The van der Waals surface area contributed by atoms with Crippen LogP contribution in [-0.2, 0) is 0 Å². The largest absolute Gasteiger partial charge is 0.392 e. The molecular formula is C9H20N2O. The van der Waals surface area contributed by atoms with Crippen molar-refractivity contribution in [2.24, 2.45) is 0 Å². The van der Waals surface area contributed by atoms with Crippen molar-refractivity contribution in [2.45, 2.75) is 26.0 Å². The molecule has 0 spiro atoms. The molecule has 1 rings (SSSR count). The van der Waals surface area contributed by atoms with E-state index in [-0.39, 0.29) is 6.10 Å². The van der Waals surface area contributed by atoms with Gasteiger partial charge in [0.2, 0.25) is 0 Å². The van der Waals surface area contributed by atoms with Crippen molar-refractivity contribution >= 4 is 0 Å². The fourth-order valence-corrected chi connectivity index (χ4v) is 1.66. The molecule has 0 aromatic heterocycles. The van der Waals surface area contributed by atoms with Gasteiger partial charge in [-0.25, -0.2) is 0 Å². The molecule has 1 heterocycles. The summed E-state index contributed by atoms with van der Waals surface area (Å²) in [7, 11) is 2.16. The van der Waals surface area contributed by atoms with Crippen LogP contribution in [0.15, 0.2) is 0 Å². The highest BCUT2D eigenvalue weighted by Crippen LogP contribution is 2.06. The Morgan fingerprint density at radius 3 is 2.67 bits per heavy atom. The molecule has 3 heteroatoms. The van der Waals surface area contributed by atoms with E-state index in [1.807, 2.05) is 6.92 Å². The van der Waals surface area contributed by atoms with Crippen LogP contribution in [0.5, 0.6) is 0 Å². The minimum absolute atomic E-state index is 0.194. The van der Waals surface area contributed by atoms with Crippen LogP contribution in [0.3, 0.4) is 0 Å². The highest BCUT2D eigenvalue weighted by Gasteiger charge is 2.20. The van der Waals surface area contributed by atoms with Crippen LogP contribution in [0, 0.1) is 0 Å². The quantitative estimate of drug-likeness (QED) is 0.635. The van der Waals surface area contributed by atoms with Gasteiger partial charge in [-0.3, -0.25) is 4.90 Å². The number of hydrogen-bond acceptors (Lipinski definition) is 3. The van der Waals surface area contributed by atoms with Gasteiger partial charge in [-0.2, -0.15) is 0 Å². The number of piperazine rings is 1. The maximum Gasteiger partial charge on any atom is 0.0639 e. The second-order valence-corrected chi connectivity index (χ2v) is 3.94. The summed E-state index contributed by atoms with van der Waals surface area (Å²) in [5.74, 6) is 0. The molecule has 0 bridgehead atoms. The maximum atomic E-state index is 9.20. The van der Waals surface area contributed by atoms with Crippen molar-refractivity contribution in [1.82, 2.24) is 9.80 Å². The van der Waals surface area contributed by atoms with E-state index in [4.69, 9.17) is 0 Å². The average molecular weight is 172 g/mol. The standard InChI is InChI=1S/C9H20N2O/c1-8-6-11(7-9(2)12)5-4-10(8)3/h8-9,12H,4-7H2,1-3H3. The number of aliphatic hydroxyl groups is 1. The molecule has 3 nitrogen and oxygen atoms in total. The summed E-state index contributed by atoms with van der Waals surface area (Å²) in [4.78, 5) is 4.69. The fraction of sp³-hybridized carbons (Fsp3) is 1.00. The number of aliphatic hydroxyl groups excluding tert-OH is 1. The van der Waals surface area contributed by atoms with Gasteiger partial charge in [0.15, 0.2) is 0 Å². The molecule has 1 fully saturated rings. The third-order valence-corrected chi connectivity index (χ3v) is 2.57. The van der Waals surface area contributed by atoms with Crippen molar-refractivity contribution in [2.75, 3.05) is 33.2 Å². The van der Waals surface area contributed by atoms with Crippen molar-refractivity contribution in [3.8, 4) is 0 Å². The van der Waals surface area contributed by atoms with Crippen LogP contribution in [0.1, 0.15) is 13.8 Å². The highest BCUT2D eigenvalue weighted by atomic mass is 16.3. The average Bonchev–Trinajstić information content (AvgIpc) is 1.96. The Labute approximate surface area is 75.0 Å². The first-order valence-corrected chi connectivity index (χ1v) is 4.70. The zero-order chi connectivity index (χ0) is 9.14. The van der Waals surface area contributed by atoms with E-state index >= 15 is 0 Å². The number of hydrogen-bond donors (Lipinski definition) is 1. The second-order valence-electron chi connectivity index (χ2n) is 3.94. The Bertz CT molecular complexity index is 138. The van der Waals surface area contributed by atoms with Gasteiger partial charge in [-0.1, -0.05) is 0 Å². The summed E-state index contributed by atoms with van der Waals surface area (Å²) in [5, 5.41) is 9.20. The van der Waals surface area contributed by atoms with Gasteiger partial charge in [0.05, 0.1) is 6.10 Å². The highest BCUT2D eigenvalue weighted by molar-refractivity contribution is 4.77. The maximum absolute atomic E-state index is 9.20. The molecular weight excluding hydrogens is 152 g/mol. The molecule has 2 atom stereocenters. The van der Waals surface area contributed by atoms with Crippen LogP contribution >= 0.6 is 0 Å². The molecule has 0 amide bonds. The van der Waals surface area contributed by atoms with Crippen LogP contribution in [0.25, 0.3) is 0 Å². The summed E-state index contributed by atoms with van der Waals surface area (Å²) in [6.07, 6.45) is -0.194. The molecule has 0 aliphatic carbocycles. The normalized spacial score (nSPS) is 30.5. The topological polar surface area (TPSA) is 26.7 Å². The monoisotopic (exact) mass is 172 g/mol. The van der Waals surface area contributed by atoms with Gasteiger partial charge >= 0.3 is 0 Å². The Balaban J connectivity index is 2.30. The minimum atomic E-state index is -0.194. The van der Waals surface area contributed by atoms with Crippen molar-refractivity contribution in [1.29, 1.82) is 0 Å². The molecule has 0 aromatic rings. The minimum Gasteiger partial charge on any atom is -0.392 e. The molecule has 12 heavy (non-hydrogen) atoms. The van der Waals surface area contributed by atoms with E-state index in [0.29, 0.717) is 6.04 Å². The lowest BCUT2D eigenvalue weighted by molar-refractivity contribution is 0.0638. The van der Waals surface area contributed by atoms with Crippen LogP contribution in [0.4, 0.5) is 0 Å². The fourth-order valence-electron chi connectivity index (χ4n) is 1.66. The Morgan fingerprint density at radius 2 is 2.17 bits per heavy atom. The van der Waals surface area contributed by atoms with Crippen LogP contribution < -0.4 is 0 Å². The molecule has 1 N–H and O–H groups in total.